The normalized spacial score (nSPS) is 23.3. The van der Waals surface area contributed by atoms with Gasteiger partial charge < -0.3 is 5.73 Å². The summed E-state index contributed by atoms with van der Waals surface area (Å²) in [6.45, 7) is 4.56. The van der Waals surface area contributed by atoms with Crippen LogP contribution in [0, 0.1) is 0 Å². The first-order chi connectivity index (χ1) is 7.80. The highest BCUT2D eigenvalue weighted by Crippen LogP contribution is 2.33. The van der Waals surface area contributed by atoms with Crippen molar-refractivity contribution in [3.8, 4) is 0 Å². The molecule has 2 N–H and O–H groups in total. The Bertz CT molecular complexity index is 425. The number of rotatable bonds is 3. The van der Waals surface area contributed by atoms with E-state index in [2.05, 4.69) is 55.1 Å². The second kappa shape index (κ2) is 4.50. The van der Waals surface area contributed by atoms with Gasteiger partial charge in [0.05, 0.1) is 0 Å². The maximum Gasteiger partial charge on any atom is 0.0347 e. The summed E-state index contributed by atoms with van der Waals surface area (Å²) in [4.78, 5) is 0. The topological polar surface area (TPSA) is 26.0 Å². The lowest BCUT2D eigenvalue weighted by Crippen LogP contribution is -2.20. The maximum absolute atomic E-state index is 5.60. The minimum Gasteiger partial charge on any atom is -0.326 e. The number of hydrogen-bond acceptors (Lipinski definition) is 1. The standard InChI is InChI=1S/C15H17N/c1-2-15(10-4-3-5-11-15)14-8-6-13(12-16)7-9-14/h2-10H,1,11-12,16H2. The van der Waals surface area contributed by atoms with E-state index in [0.29, 0.717) is 6.54 Å². The molecule has 1 aromatic carbocycles. The fourth-order valence-electron chi connectivity index (χ4n) is 2.07. The Balaban J connectivity index is 2.37. The summed E-state index contributed by atoms with van der Waals surface area (Å²) in [5.74, 6) is 0. The molecule has 0 saturated heterocycles. The molecule has 16 heavy (non-hydrogen) atoms. The van der Waals surface area contributed by atoms with E-state index in [1.807, 2.05) is 6.08 Å². The van der Waals surface area contributed by atoms with E-state index in [9.17, 15) is 0 Å². The van der Waals surface area contributed by atoms with E-state index in [-0.39, 0.29) is 5.41 Å². The Morgan fingerprint density at radius 1 is 1.25 bits per heavy atom. The molecule has 2 rings (SSSR count). The molecule has 1 aromatic rings. The van der Waals surface area contributed by atoms with E-state index in [1.165, 1.54) is 11.1 Å². The fourth-order valence-corrected chi connectivity index (χ4v) is 2.07. The van der Waals surface area contributed by atoms with E-state index in [0.717, 1.165) is 6.42 Å². The average molecular weight is 211 g/mol. The van der Waals surface area contributed by atoms with Gasteiger partial charge in [0, 0.05) is 12.0 Å². The summed E-state index contributed by atoms with van der Waals surface area (Å²) in [5, 5.41) is 0. The smallest absolute Gasteiger partial charge is 0.0347 e. The summed E-state index contributed by atoms with van der Waals surface area (Å²) in [6.07, 6.45) is 11.5. The van der Waals surface area contributed by atoms with Gasteiger partial charge in [-0.25, -0.2) is 0 Å². The SMILES string of the molecule is C=CC1(c2ccc(CN)cc2)C=CC=CC1. The van der Waals surface area contributed by atoms with E-state index in [1.54, 1.807) is 0 Å². The zero-order chi connectivity index (χ0) is 11.4. The molecule has 1 heteroatoms. The molecule has 0 heterocycles. The Hall–Kier alpha value is -1.60. The zero-order valence-electron chi connectivity index (χ0n) is 9.39. The third kappa shape index (κ3) is 1.86. The van der Waals surface area contributed by atoms with Gasteiger partial charge in [-0.1, -0.05) is 54.6 Å². The Morgan fingerprint density at radius 2 is 2.00 bits per heavy atom. The Morgan fingerprint density at radius 3 is 2.50 bits per heavy atom. The van der Waals surface area contributed by atoms with E-state index >= 15 is 0 Å². The molecule has 0 aromatic heterocycles. The predicted octanol–water partition coefficient (Wildman–Crippen LogP) is 3.09. The summed E-state index contributed by atoms with van der Waals surface area (Å²) < 4.78 is 0. The number of benzene rings is 1. The van der Waals surface area contributed by atoms with Crippen LogP contribution in [-0.4, -0.2) is 0 Å². The monoisotopic (exact) mass is 211 g/mol. The van der Waals surface area contributed by atoms with Gasteiger partial charge in [0.1, 0.15) is 0 Å². The highest BCUT2D eigenvalue weighted by Gasteiger charge is 2.25. The maximum atomic E-state index is 5.60. The molecule has 0 aliphatic heterocycles. The van der Waals surface area contributed by atoms with Crippen molar-refractivity contribution in [1.29, 1.82) is 0 Å². The molecule has 1 atom stereocenters. The van der Waals surface area contributed by atoms with Gasteiger partial charge in [0.2, 0.25) is 0 Å². The molecule has 1 nitrogen and oxygen atoms in total. The third-order valence-corrected chi connectivity index (χ3v) is 3.19. The Kier molecular flexibility index (Phi) is 3.07. The summed E-state index contributed by atoms with van der Waals surface area (Å²) in [6, 6.07) is 8.47. The van der Waals surface area contributed by atoms with Crippen LogP contribution in [0.5, 0.6) is 0 Å². The molecule has 82 valence electrons. The van der Waals surface area contributed by atoms with Gasteiger partial charge in [-0.2, -0.15) is 0 Å². The second-order valence-corrected chi connectivity index (χ2v) is 4.14. The van der Waals surface area contributed by atoms with Crippen molar-refractivity contribution < 1.29 is 0 Å². The van der Waals surface area contributed by atoms with Crippen LogP contribution in [0.4, 0.5) is 0 Å². The minimum absolute atomic E-state index is 0.0398. The highest BCUT2D eigenvalue weighted by atomic mass is 14.5. The predicted molar refractivity (Wildman–Crippen MR) is 69.1 cm³/mol. The average Bonchev–Trinajstić information content (AvgIpc) is 2.39. The van der Waals surface area contributed by atoms with Crippen molar-refractivity contribution in [2.45, 2.75) is 18.4 Å². The first-order valence-corrected chi connectivity index (χ1v) is 5.58. The molecule has 1 aliphatic rings. The van der Waals surface area contributed by atoms with Crippen LogP contribution in [0.25, 0.3) is 0 Å². The summed E-state index contributed by atoms with van der Waals surface area (Å²) in [5.41, 5.74) is 8.00. The largest absolute Gasteiger partial charge is 0.326 e. The molecular formula is C15H17N. The first-order valence-electron chi connectivity index (χ1n) is 5.58. The van der Waals surface area contributed by atoms with Crippen LogP contribution in [-0.2, 0) is 12.0 Å². The van der Waals surface area contributed by atoms with Gasteiger partial charge in [-0.15, -0.1) is 6.58 Å². The summed E-state index contributed by atoms with van der Waals surface area (Å²) in [7, 11) is 0. The lowest BCUT2D eigenvalue weighted by atomic mass is 9.75. The molecule has 0 amide bonds. The molecule has 0 saturated carbocycles. The molecule has 0 spiro atoms. The lowest BCUT2D eigenvalue weighted by molar-refractivity contribution is 0.676. The molecular weight excluding hydrogens is 194 g/mol. The molecule has 0 radical (unpaired) electrons. The van der Waals surface area contributed by atoms with E-state index < -0.39 is 0 Å². The van der Waals surface area contributed by atoms with Gasteiger partial charge in [0.25, 0.3) is 0 Å². The van der Waals surface area contributed by atoms with Crippen molar-refractivity contribution in [2.75, 3.05) is 0 Å². The lowest BCUT2D eigenvalue weighted by Gasteiger charge is -2.28. The van der Waals surface area contributed by atoms with Crippen LogP contribution in [0.15, 0.2) is 61.2 Å². The Labute approximate surface area is 97.0 Å². The first kappa shape index (κ1) is 10.9. The van der Waals surface area contributed by atoms with Crippen LogP contribution < -0.4 is 5.73 Å². The minimum atomic E-state index is -0.0398. The van der Waals surface area contributed by atoms with E-state index in [4.69, 9.17) is 5.73 Å². The van der Waals surface area contributed by atoms with Crippen LogP contribution in [0.2, 0.25) is 0 Å². The summed E-state index contributed by atoms with van der Waals surface area (Å²) >= 11 is 0. The zero-order valence-corrected chi connectivity index (χ0v) is 9.39. The van der Waals surface area contributed by atoms with Gasteiger partial charge in [-0.3, -0.25) is 0 Å². The van der Waals surface area contributed by atoms with Crippen molar-refractivity contribution in [3.05, 3.63) is 72.4 Å². The van der Waals surface area contributed by atoms with Crippen molar-refractivity contribution >= 4 is 0 Å². The van der Waals surface area contributed by atoms with Crippen molar-refractivity contribution in [2.24, 2.45) is 5.73 Å². The van der Waals surface area contributed by atoms with Crippen molar-refractivity contribution in [3.63, 3.8) is 0 Å². The molecule has 0 bridgehead atoms. The van der Waals surface area contributed by atoms with Gasteiger partial charge >= 0.3 is 0 Å². The molecule has 1 unspecified atom stereocenters. The highest BCUT2D eigenvalue weighted by molar-refractivity contribution is 5.41. The quantitative estimate of drug-likeness (QED) is 0.764. The number of nitrogens with two attached hydrogens (primary N) is 1. The van der Waals surface area contributed by atoms with Crippen molar-refractivity contribution in [1.82, 2.24) is 0 Å². The second-order valence-electron chi connectivity index (χ2n) is 4.14. The third-order valence-electron chi connectivity index (χ3n) is 3.19. The van der Waals surface area contributed by atoms with Gasteiger partial charge in [0.15, 0.2) is 0 Å². The molecule has 1 aliphatic carbocycles. The van der Waals surface area contributed by atoms with Crippen LogP contribution in [0.1, 0.15) is 17.5 Å². The number of allylic oxidation sites excluding steroid dienone is 5. The van der Waals surface area contributed by atoms with Crippen LogP contribution >= 0.6 is 0 Å². The van der Waals surface area contributed by atoms with Crippen LogP contribution in [0.3, 0.4) is 0 Å². The van der Waals surface area contributed by atoms with Gasteiger partial charge in [-0.05, 0) is 17.5 Å². The molecule has 0 fully saturated rings. The number of hydrogen-bond donors (Lipinski definition) is 1. The fraction of sp³-hybridized carbons (Fsp3) is 0.200.